The SMILES string of the molecule is Cc1ccc(-c2noc(C(C)C)n2)cc1N. The third kappa shape index (κ3) is 1.91. The molecule has 2 rings (SSSR count). The molecule has 0 aliphatic carbocycles. The molecule has 84 valence electrons. The molecule has 1 heterocycles. The Balaban J connectivity index is 2.39. The molecule has 0 saturated heterocycles. The summed E-state index contributed by atoms with van der Waals surface area (Å²) in [6.45, 7) is 6.00. The zero-order valence-electron chi connectivity index (χ0n) is 9.69. The van der Waals surface area contributed by atoms with Gasteiger partial charge in [0.05, 0.1) is 0 Å². The Morgan fingerprint density at radius 2 is 2.06 bits per heavy atom. The van der Waals surface area contributed by atoms with Crippen molar-refractivity contribution in [3.63, 3.8) is 0 Å². The number of aromatic nitrogens is 2. The van der Waals surface area contributed by atoms with Crippen molar-refractivity contribution in [1.29, 1.82) is 0 Å². The first kappa shape index (κ1) is 10.7. The van der Waals surface area contributed by atoms with Gasteiger partial charge in [0.2, 0.25) is 11.7 Å². The molecule has 0 atom stereocenters. The van der Waals surface area contributed by atoms with Gasteiger partial charge in [-0.1, -0.05) is 31.1 Å². The average Bonchev–Trinajstić information content (AvgIpc) is 2.71. The third-order valence-corrected chi connectivity index (χ3v) is 2.47. The molecule has 0 aliphatic rings. The molecule has 1 aromatic heterocycles. The van der Waals surface area contributed by atoms with Crippen LogP contribution in [0.25, 0.3) is 11.4 Å². The van der Waals surface area contributed by atoms with Gasteiger partial charge in [-0.2, -0.15) is 4.98 Å². The van der Waals surface area contributed by atoms with E-state index in [-0.39, 0.29) is 5.92 Å². The Bertz CT molecular complexity index is 503. The first-order valence-corrected chi connectivity index (χ1v) is 5.28. The van der Waals surface area contributed by atoms with Gasteiger partial charge in [0.15, 0.2) is 0 Å². The Morgan fingerprint density at radius 3 is 2.62 bits per heavy atom. The number of nitrogens with zero attached hydrogens (tertiary/aromatic N) is 2. The van der Waals surface area contributed by atoms with E-state index in [0.717, 1.165) is 16.8 Å². The summed E-state index contributed by atoms with van der Waals surface area (Å²) in [4.78, 5) is 4.32. The first-order valence-electron chi connectivity index (χ1n) is 5.28. The van der Waals surface area contributed by atoms with Crippen molar-refractivity contribution in [1.82, 2.24) is 10.1 Å². The van der Waals surface area contributed by atoms with E-state index in [1.165, 1.54) is 0 Å². The largest absolute Gasteiger partial charge is 0.398 e. The maximum absolute atomic E-state index is 5.84. The van der Waals surface area contributed by atoms with Crippen LogP contribution in [-0.4, -0.2) is 10.1 Å². The zero-order chi connectivity index (χ0) is 11.7. The van der Waals surface area contributed by atoms with Gasteiger partial charge in [-0.3, -0.25) is 0 Å². The van der Waals surface area contributed by atoms with Crippen LogP contribution in [0.4, 0.5) is 5.69 Å². The van der Waals surface area contributed by atoms with Crippen LogP contribution in [0, 0.1) is 6.92 Å². The van der Waals surface area contributed by atoms with E-state index in [4.69, 9.17) is 10.3 Å². The van der Waals surface area contributed by atoms with E-state index >= 15 is 0 Å². The quantitative estimate of drug-likeness (QED) is 0.785. The van der Waals surface area contributed by atoms with Gasteiger partial charge in [0.25, 0.3) is 0 Å². The molecule has 2 aromatic rings. The van der Waals surface area contributed by atoms with Gasteiger partial charge < -0.3 is 10.3 Å². The van der Waals surface area contributed by atoms with Crippen LogP contribution in [-0.2, 0) is 0 Å². The number of nitrogens with two attached hydrogens (primary N) is 1. The first-order chi connectivity index (χ1) is 7.58. The van der Waals surface area contributed by atoms with E-state index < -0.39 is 0 Å². The minimum absolute atomic E-state index is 0.240. The molecule has 0 radical (unpaired) electrons. The number of hydrogen-bond donors (Lipinski definition) is 1. The van der Waals surface area contributed by atoms with Crippen LogP contribution < -0.4 is 5.73 Å². The molecular weight excluding hydrogens is 202 g/mol. The lowest BCUT2D eigenvalue weighted by molar-refractivity contribution is 0.365. The second-order valence-electron chi connectivity index (χ2n) is 4.18. The van der Waals surface area contributed by atoms with Gasteiger partial charge in [0, 0.05) is 17.2 Å². The van der Waals surface area contributed by atoms with Crippen molar-refractivity contribution in [2.45, 2.75) is 26.7 Å². The van der Waals surface area contributed by atoms with Gasteiger partial charge in [0.1, 0.15) is 0 Å². The molecule has 1 aromatic carbocycles. The van der Waals surface area contributed by atoms with Gasteiger partial charge in [-0.15, -0.1) is 0 Å². The molecule has 0 saturated carbocycles. The third-order valence-electron chi connectivity index (χ3n) is 2.47. The van der Waals surface area contributed by atoms with E-state index in [1.807, 2.05) is 39.0 Å². The Hall–Kier alpha value is -1.84. The Morgan fingerprint density at radius 1 is 1.31 bits per heavy atom. The van der Waals surface area contributed by atoms with Crippen LogP contribution in [0.15, 0.2) is 22.7 Å². The predicted molar refractivity (Wildman–Crippen MR) is 63.0 cm³/mol. The van der Waals surface area contributed by atoms with Gasteiger partial charge in [-0.05, 0) is 18.6 Å². The maximum atomic E-state index is 5.84. The summed E-state index contributed by atoms with van der Waals surface area (Å²) in [5, 5.41) is 3.94. The smallest absolute Gasteiger partial charge is 0.229 e. The Kier molecular flexibility index (Phi) is 2.64. The predicted octanol–water partition coefficient (Wildman–Crippen LogP) is 2.75. The normalized spacial score (nSPS) is 11.0. The van der Waals surface area contributed by atoms with E-state index in [0.29, 0.717) is 11.7 Å². The highest BCUT2D eigenvalue weighted by Gasteiger charge is 2.11. The second-order valence-corrected chi connectivity index (χ2v) is 4.18. The van der Waals surface area contributed by atoms with Crippen molar-refractivity contribution >= 4 is 5.69 Å². The minimum Gasteiger partial charge on any atom is -0.398 e. The van der Waals surface area contributed by atoms with Gasteiger partial charge in [-0.25, -0.2) is 0 Å². The van der Waals surface area contributed by atoms with Crippen molar-refractivity contribution < 1.29 is 4.52 Å². The molecule has 4 nitrogen and oxygen atoms in total. The number of nitrogen functional groups attached to an aromatic ring is 1. The summed E-state index contributed by atoms with van der Waals surface area (Å²) in [6, 6.07) is 5.76. The molecule has 0 unspecified atom stereocenters. The van der Waals surface area contributed by atoms with Crippen LogP contribution in [0.2, 0.25) is 0 Å². The van der Waals surface area contributed by atoms with Crippen molar-refractivity contribution in [2.75, 3.05) is 5.73 Å². The number of aryl methyl sites for hydroxylation is 1. The average molecular weight is 217 g/mol. The zero-order valence-corrected chi connectivity index (χ0v) is 9.69. The summed E-state index contributed by atoms with van der Waals surface area (Å²) in [5.74, 6) is 1.48. The molecule has 0 spiro atoms. The maximum Gasteiger partial charge on any atom is 0.229 e. The topological polar surface area (TPSA) is 64.9 Å². The summed E-state index contributed by atoms with van der Waals surface area (Å²) in [6.07, 6.45) is 0. The molecule has 0 fully saturated rings. The highest BCUT2D eigenvalue weighted by molar-refractivity contribution is 5.63. The fourth-order valence-electron chi connectivity index (χ4n) is 1.37. The molecule has 0 amide bonds. The summed E-state index contributed by atoms with van der Waals surface area (Å²) in [7, 11) is 0. The molecule has 0 aliphatic heterocycles. The van der Waals surface area contributed by atoms with Crippen LogP contribution in [0.3, 0.4) is 0 Å². The Labute approximate surface area is 94.5 Å². The fraction of sp³-hybridized carbons (Fsp3) is 0.333. The number of rotatable bonds is 2. The molecular formula is C12H15N3O. The number of hydrogen-bond acceptors (Lipinski definition) is 4. The van der Waals surface area contributed by atoms with Crippen molar-refractivity contribution in [3.8, 4) is 11.4 Å². The van der Waals surface area contributed by atoms with Crippen LogP contribution in [0.1, 0.15) is 31.2 Å². The molecule has 2 N–H and O–H groups in total. The molecule has 16 heavy (non-hydrogen) atoms. The van der Waals surface area contributed by atoms with Gasteiger partial charge >= 0.3 is 0 Å². The van der Waals surface area contributed by atoms with Crippen molar-refractivity contribution in [3.05, 3.63) is 29.7 Å². The standard InChI is InChI=1S/C12H15N3O/c1-7(2)12-14-11(15-16-12)9-5-4-8(3)10(13)6-9/h4-7H,13H2,1-3H3. The molecule has 0 bridgehead atoms. The van der Waals surface area contributed by atoms with E-state index in [9.17, 15) is 0 Å². The molecule has 4 heteroatoms. The minimum atomic E-state index is 0.240. The summed E-state index contributed by atoms with van der Waals surface area (Å²) < 4.78 is 5.15. The lowest BCUT2D eigenvalue weighted by Gasteiger charge is -2.00. The number of benzene rings is 1. The lowest BCUT2D eigenvalue weighted by Crippen LogP contribution is -1.91. The fourth-order valence-corrected chi connectivity index (χ4v) is 1.37. The van der Waals surface area contributed by atoms with Crippen molar-refractivity contribution in [2.24, 2.45) is 0 Å². The van der Waals surface area contributed by atoms with E-state index in [2.05, 4.69) is 10.1 Å². The summed E-state index contributed by atoms with van der Waals surface area (Å²) in [5.41, 5.74) is 8.52. The lowest BCUT2D eigenvalue weighted by atomic mass is 10.1. The van der Waals surface area contributed by atoms with Crippen LogP contribution >= 0.6 is 0 Å². The highest BCUT2D eigenvalue weighted by Crippen LogP contribution is 2.22. The number of anilines is 1. The van der Waals surface area contributed by atoms with E-state index in [1.54, 1.807) is 0 Å². The second kappa shape index (κ2) is 3.96. The van der Waals surface area contributed by atoms with Crippen LogP contribution in [0.5, 0.6) is 0 Å². The summed E-state index contributed by atoms with van der Waals surface area (Å²) >= 11 is 0. The monoisotopic (exact) mass is 217 g/mol. The highest BCUT2D eigenvalue weighted by atomic mass is 16.5.